The molecule has 0 unspecified atom stereocenters. The van der Waals surface area contributed by atoms with Crippen LogP contribution in [0.15, 0.2) is 48.9 Å². The number of nitrogens with one attached hydrogen (secondary N) is 2. The predicted octanol–water partition coefficient (Wildman–Crippen LogP) is 6.23. The summed E-state index contributed by atoms with van der Waals surface area (Å²) in [7, 11) is 0. The van der Waals surface area contributed by atoms with E-state index in [1.54, 1.807) is 30.5 Å². The SMILES string of the molecule is CCN(CC)c1ncc2ncnc(Nc3cc(C(=O)Nc4cc(CN5CCCC5)cc(C(F)(F)CF)c4)ccc3C)c2n1. The van der Waals surface area contributed by atoms with E-state index in [1.807, 2.05) is 25.7 Å². The largest absolute Gasteiger partial charge is 0.341 e. The predicted molar refractivity (Wildman–Crippen MR) is 162 cm³/mol. The molecule has 0 aliphatic carbocycles. The first-order chi connectivity index (χ1) is 20.7. The molecule has 1 amide bonds. The number of anilines is 4. The Morgan fingerprint density at radius 3 is 2.53 bits per heavy atom. The van der Waals surface area contributed by atoms with Crippen LogP contribution in [0.2, 0.25) is 0 Å². The number of carbonyl (C=O) groups excluding carboxylic acids is 1. The van der Waals surface area contributed by atoms with E-state index in [0.717, 1.165) is 50.7 Å². The summed E-state index contributed by atoms with van der Waals surface area (Å²) in [5.74, 6) is -3.13. The minimum Gasteiger partial charge on any atom is -0.341 e. The van der Waals surface area contributed by atoms with E-state index in [9.17, 15) is 18.0 Å². The molecule has 5 rings (SSSR count). The third-order valence-electron chi connectivity index (χ3n) is 7.61. The molecular weight excluding hydrogens is 557 g/mol. The van der Waals surface area contributed by atoms with Crippen LogP contribution in [0, 0.1) is 6.92 Å². The highest BCUT2D eigenvalue weighted by Crippen LogP contribution is 2.33. The topological polar surface area (TPSA) is 99.2 Å². The maximum Gasteiger partial charge on any atom is 0.301 e. The quantitative estimate of drug-likeness (QED) is 0.212. The van der Waals surface area contributed by atoms with Crippen molar-refractivity contribution in [1.29, 1.82) is 0 Å². The lowest BCUT2D eigenvalue weighted by molar-refractivity contribution is -0.0281. The number of aryl methyl sites for hydroxylation is 1. The summed E-state index contributed by atoms with van der Waals surface area (Å²) in [4.78, 5) is 35.3. The molecule has 0 saturated carbocycles. The first-order valence-corrected chi connectivity index (χ1v) is 14.4. The van der Waals surface area contributed by atoms with Gasteiger partial charge in [0.25, 0.3) is 5.91 Å². The highest BCUT2D eigenvalue weighted by atomic mass is 19.3. The third-order valence-corrected chi connectivity index (χ3v) is 7.61. The maximum absolute atomic E-state index is 14.4. The standard InChI is InChI=1S/C31H35F3N8O/c1-4-42(5-2)30-35-16-26-27(40-30)28(37-19-36-26)39-25-14-22(9-8-20(25)3)29(43)38-24-13-21(17-41-10-6-7-11-41)12-23(15-24)31(33,34)18-32/h8-9,12-16,19H,4-7,10-11,17-18H2,1-3H3,(H,38,43)(H,36,37,39). The molecule has 9 nitrogen and oxygen atoms in total. The number of fused-ring (bicyclic) bond motifs is 1. The Kier molecular flexibility index (Phi) is 9.05. The number of hydrogen-bond acceptors (Lipinski definition) is 8. The van der Waals surface area contributed by atoms with Crippen LogP contribution in [0.5, 0.6) is 0 Å². The highest BCUT2D eigenvalue weighted by Gasteiger charge is 2.32. The smallest absolute Gasteiger partial charge is 0.301 e. The zero-order valence-corrected chi connectivity index (χ0v) is 24.5. The molecule has 43 heavy (non-hydrogen) atoms. The zero-order valence-electron chi connectivity index (χ0n) is 24.5. The number of nitrogens with zero attached hydrogens (tertiary/aromatic N) is 6. The van der Waals surface area contributed by atoms with E-state index in [2.05, 4.69) is 30.5 Å². The van der Waals surface area contributed by atoms with Crippen LogP contribution >= 0.6 is 0 Å². The second kappa shape index (κ2) is 12.9. The summed E-state index contributed by atoms with van der Waals surface area (Å²) in [5, 5.41) is 6.02. The van der Waals surface area contributed by atoms with Gasteiger partial charge >= 0.3 is 5.92 Å². The van der Waals surface area contributed by atoms with Gasteiger partial charge in [-0.2, -0.15) is 8.78 Å². The number of hydrogen-bond donors (Lipinski definition) is 2. The second-order valence-electron chi connectivity index (χ2n) is 10.6. The fourth-order valence-electron chi connectivity index (χ4n) is 5.17. The van der Waals surface area contributed by atoms with Gasteiger partial charge < -0.3 is 15.5 Å². The van der Waals surface area contributed by atoms with Gasteiger partial charge in [0.05, 0.1) is 6.20 Å². The van der Waals surface area contributed by atoms with Crippen molar-refractivity contribution in [2.75, 3.05) is 48.4 Å². The number of alkyl halides is 3. The van der Waals surface area contributed by atoms with Gasteiger partial charge in [0.2, 0.25) is 5.95 Å². The first-order valence-electron chi connectivity index (χ1n) is 14.4. The van der Waals surface area contributed by atoms with Crippen LogP contribution in [0.25, 0.3) is 11.0 Å². The molecular formula is C31H35F3N8O. The van der Waals surface area contributed by atoms with Gasteiger partial charge in [-0.15, -0.1) is 0 Å². The summed E-state index contributed by atoms with van der Waals surface area (Å²) in [6, 6.07) is 9.22. The molecule has 2 aromatic carbocycles. The Balaban J connectivity index is 1.42. The second-order valence-corrected chi connectivity index (χ2v) is 10.6. The lowest BCUT2D eigenvalue weighted by atomic mass is 10.0. The van der Waals surface area contributed by atoms with Gasteiger partial charge in [-0.1, -0.05) is 6.07 Å². The van der Waals surface area contributed by atoms with E-state index in [4.69, 9.17) is 4.98 Å². The van der Waals surface area contributed by atoms with Crippen LogP contribution in [0.4, 0.5) is 36.3 Å². The van der Waals surface area contributed by atoms with Crippen LogP contribution in [-0.4, -0.2) is 63.6 Å². The number of aromatic nitrogens is 4. The molecule has 3 heterocycles. The number of amides is 1. The van der Waals surface area contributed by atoms with E-state index < -0.39 is 24.1 Å². The molecule has 4 aromatic rings. The lowest BCUT2D eigenvalue weighted by Crippen LogP contribution is -2.24. The number of likely N-dealkylation sites (tertiary alicyclic amines) is 1. The van der Waals surface area contributed by atoms with Gasteiger partial charge in [-0.3, -0.25) is 9.69 Å². The summed E-state index contributed by atoms with van der Waals surface area (Å²) >= 11 is 0. The minimum atomic E-state index is -3.66. The van der Waals surface area contributed by atoms with Gasteiger partial charge in [-0.05, 0) is 88.2 Å². The van der Waals surface area contributed by atoms with Crippen LogP contribution < -0.4 is 15.5 Å². The van der Waals surface area contributed by atoms with Crippen LogP contribution in [-0.2, 0) is 12.5 Å². The summed E-state index contributed by atoms with van der Waals surface area (Å²) in [6.45, 7) is 7.78. The normalized spacial score (nSPS) is 13.8. The molecule has 0 radical (unpaired) electrons. The average molecular weight is 593 g/mol. The number of benzene rings is 2. The summed E-state index contributed by atoms with van der Waals surface area (Å²) in [6.07, 6.45) is 5.15. The van der Waals surface area contributed by atoms with E-state index in [-0.39, 0.29) is 5.69 Å². The van der Waals surface area contributed by atoms with Crippen LogP contribution in [0.3, 0.4) is 0 Å². The number of halogens is 3. The Hall–Kier alpha value is -4.32. The van der Waals surface area contributed by atoms with E-state index >= 15 is 0 Å². The highest BCUT2D eigenvalue weighted by molar-refractivity contribution is 6.05. The van der Waals surface area contributed by atoms with Crippen molar-refractivity contribution >= 4 is 40.1 Å². The van der Waals surface area contributed by atoms with Crippen molar-refractivity contribution in [3.05, 3.63) is 71.2 Å². The summed E-state index contributed by atoms with van der Waals surface area (Å²) in [5.41, 5.74) is 3.17. The maximum atomic E-state index is 14.4. The zero-order chi connectivity index (χ0) is 30.6. The Morgan fingerprint density at radius 2 is 1.81 bits per heavy atom. The van der Waals surface area contributed by atoms with Crippen molar-refractivity contribution in [3.63, 3.8) is 0 Å². The van der Waals surface area contributed by atoms with Gasteiger partial charge in [0.15, 0.2) is 12.5 Å². The molecule has 1 saturated heterocycles. The fraction of sp³-hybridized carbons (Fsp3) is 0.387. The van der Waals surface area contributed by atoms with E-state index in [0.29, 0.717) is 46.2 Å². The third kappa shape index (κ3) is 6.85. The van der Waals surface area contributed by atoms with Gasteiger partial charge in [-0.25, -0.2) is 24.3 Å². The average Bonchev–Trinajstić information content (AvgIpc) is 3.52. The Labute approximate surface area is 248 Å². The van der Waals surface area contributed by atoms with Gasteiger partial charge in [0.1, 0.15) is 17.4 Å². The molecule has 1 aliphatic rings. The Morgan fingerprint density at radius 1 is 1.05 bits per heavy atom. The molecule has 0 spiro atoms. The number of carbonyl (C=O) groups is 1. The lowest BCUT2D eigenvalue weighted by Gasteiger charge is -2.20. The molecule has 1 aliphatic heterocycles. The Bertz CT molecular complexity index is 1610. The molecule has 0 atom stereocenters. The van der Waals surface area contributed by atoms with Crippen molar-refractivity contribution < 1.29 is 18.0 Å². The molecule has 226 valence electrons. The van der Waals surface area contributed by atoms with Crippen molar-refractivity contribution in [2.45, 2.75) is 46.1 Å². The minimum absolute atomic E-state index is 0.183. The fourth-order valence-corrected chi connectivity index (χ4v) is 5.17. The molecule has 0 bridgehead atoms. The van der Waals surface area contributed by atoms with E-state index in [1.165, 1.54) is 12.4 Å². The molecule has 1 fully saturated rings. The molecule has 2 aromatic heterocycles. The van der Waals surface area contributed by atoms with Crippen molar-refractivity contribution in [3.8, 4) is 0 Å². The summed E-state index contributed by atoms with van der Waals surface area (Å²) < 4.78 is 42.1. The monoisotopic (exact) mass is 592 g/mol. The number of rotatable bonds is 11. The van der Waals surface area contributed by atoms with Crippen LogP contribution in [0.1, 0.15) is 53.7 Å². The molecule has 2 N–H and O–H groups in total. The van der Waals surface area contributed by atoms with Crippen molar-refractivity contribution in [1.82, 2.24) is 24.8 Å². The van der Waals surface area contributed by atoms with Crippen molar-refractivity contribution in [2.24, 2.45) is 0 Å². The first kappa shape index (κ1) is 30.1. The van der Waals surface area contributed by atoms with Gasteiger partial charge in [0, 0.05) is 42.1 Å². The molecule has 12 heteroatoms.